The van der Waals surface area contributed by atoms with Crippen LogP contribution in [0.2, 0.25) is 0 Å². The van der Waals surface area contributed by atoms with Gasteiger partial charge in [0.1, 0.15) is 0 Å². The molecule has 0 spiro atoms. The Hall–Kier alpha value is -1.57. The molecule has 8 heteroatoms. The van der Waals surface area contributed by atoms with E-state index >= 15 is 0 Å². The molecule has 1 aromatic heterocycles. The van der Waals surface area contributed by atoms with Crippen LogP contribution in [-0.2, 0) is 0 Å². The van der Waals surface area contributed by atoms with Gasteiger partial charge in [-0.15, -0.1) is 0 Å². The van der Waals surface area contributed by atoms with E-state index < -0.39 is 12.1 Å². The molecule has 3 N–H and O–H groups in total. The quantitative estimate of drug-likeness (QED) is 0.883. The Labute approximate surface area is 139 Å². The number of hydrogen-bond donors (Lipinski definition) is 2. The molecule has 1 aromatic rings. The number of rotatable bonds is 3. The summed E-state index contributed by atoms with van der Waals surface area (Å²) in [5, 5.41) is 3.31. The second kappa shape index (κ2) is 7.13. The fraction of sp³-hybridized carbons (Fsp3) is 0.750. The van der Waals surface area contributed by atoms with E-state index in [9.17, 15) is 13.2 Å². The van der Waals surface area contributed by atoms with Gasteiger partial charge in [-0.25, -0.2) is 9.97 Å². The summed E-state index contributed by atoms with van der Waals surface area (Å²) in [7, 11) is 0. The van der Waals surface area contributed by atoms with Crippen molar-refractivity contribution in [1.29, 1.82) is 0 Å². The van der Waals surface area contributed by atoms with Crippen molar-refractivity contribution in [3.63, 3.8) is 0 Å². The first-order valence-corrected chi connectivity index (χ1v) is 8.57. The molecule has 5 nitrogen and oxygen atoms in total. The largest absolute Gasteiger partial charge is 0.391 e. The summed E-state index contributed by atoms with van der Waals surface area (Å²) in [6, 6.07) is 0.643. The van der Waals surface area contributed by atoms with Gasteiger partial charge in [-0.3, -0.25) is 0 Å². The van der Waals surface area contributed by atoms with Crippen molar-refractivity contribution in [2.45, 2.75) is 56.8 Å². The van der Waals surface area contributed by atoms with Crippen molar-refractivity contribution in [2.75, 3.05) is 23.3 Å². The van der Waals surface area contributed by atoms with Crippen molar-refractivity contribution < 1.29 is 13.2 Å². The zero-order valence-electron chi connectivity index (χ0n) is 13.6. The highest BCUT2D eigenvalue weighted by Gasteiger charge is 2.41. The predicted molar refractivity (Wildman–Crippen MR) is 86.9 cm³/mol. The van der Waals surface area contributed by atoms with Crippen molar-refractivity contribution >= 4 is 11.6 Å². The molecule has 0 unspecified atom stereocenters. The summed E-state index contributed by atoms with van der Waals surface area (Å²) in [5.74, 6) is -0.613. The summed E-state index contributed by atoms with van der Waals surface area (Å²) < 4.78 is 38.1. The molecule has 1 saturated carbocycles. The first-order chi connectivity index (χ1) is 11.4. The lowest BCUT2D eigenvalue weighted by Gasteiger charge is -2.34. The lowest BCUT2D eigenvalue weighted by Crippen LogP contribution is -2.39. The number of hydrogen-bond acceptors (Lipinski definition) is 5. The fourth-order valence-corrected chi connectivity index (χ4v) is 3.47. The molecule has 1 aliphatic carbocycles. The van der Waals surface area contributed by atoms with Crippen LogP contribution >= 0.6 is 0 Å². The number of nitrogens with one attached hydrogen (secondary N) is 1. The zero-order chi connectivity index (χ0) is 17.2. The third kappa shape index (κ3) is 4.28. The Kier molecular flexibility index (Phi) is 5.12. The van der Waals surface area contributed by atoms with E-state index in [1.807, 2.05) is 4.90 Å². The smallest absolute Gasteiger partial charge is 0.369 e. The second-order valence-corrected chi connectivity index (χ2v) is 6.82. The van der Waals surface area contributed by atoms with Gasteiger partial charge >= 0.3 is 6.18 Å². The van der Waals surface area contributed by atoms with Crippen molar-refractivity contribution in [3.05, 3.63) is 12.4 Å². The highest BCUT2D eigenvalue weighted by molar-refractivity contribution is 5.45. The molecule has 2 fully saturated rings. The van der Waals surface area contributed by atoms with Gasteiger partial charge in [-0.2, -0.15) is 13.2 Å². The van der Waals surface area contributed by atoms with E-state index in [1.165, 1.54) is 0 Å². The molecule has 0 bridgehead atoms. The molecule has 0 amide bonds. The van der Waals surface area contributed by atoms with Crippen LogP contribution in [0.1, 0.15) is 38.5 Å². The number of alkyl halides is 3. The van der Waals surface area contributed by atoms with E-state index in [0.717, 1.165) is 31.4 Å². The molecule has 2 aliphatic rings. The summed E-state index contributed by atoms with van der Waals surface area (Å²) in [6.45, 7) is 0.779. The number of aromatic nitrogens is 2. The van der Waals surface area contributed by atoms with Crippen LogP contribution in [0, 0.1) is 5.92 Å². The minimum absolute atomic E-state index is 0.131. The van der Waals surface area contributed by atoms with Gasteiger partial charge in [-0.05, 0) is 38.5 Å². The van der Waals surface area contributed by atoms with Crippen molar-refractivity contribution in [3.8, 4) is 0 Å². The van der Waals surface area contributed by atoms with Gasteiger partial charge in [0.25, 0.3) is 0 Å². The molecule has 0 aromatic carbocycles. The minimum Gasteiger partial charge on any atom is -0.369 e. The fourth-order valence-electron chi connectivity index (χ4n) is 3.47. The summed E-state index contributed by atoms with van der Waals surface area (Å²) in [6.07, 6.45) is 3.59. The Morgan fingerprint density at radius 1 is 1.00 bits per heavy atom. The van der Waals surface area contributed by atoms with Crippen LogP contribution in [0.4, 0.5) is 24.8 Å². The molecule has 134 valence electrons. The first-order valence-electron chi connectivity index (χ1n) is 8.57. The van der Waals surface area contributed by atoms with Gasteiger partial charge in [-0.1, -0.05) is 0 Å². The van der Waals surface area contributed by atoms with E-state index in [2.05, 4.69) is 15.3 Å². The summed E-state index contributed by atoms with van der Waals surface area (Å²) in [4.78, 5) is 10.6. The van der Waals surface area contributed by atoms with Gasteiger partial charge in [0.2, 0.25) is 5.95 Å². The number of halogens is 3. The molecule has 3 rings (SSSR count). The average Bonchev–Trinajstić information content (AvgIpc) is 2.57. The Morgan fingerprint density at radius 3 is 2.12 bits per heavy atom. The van der Waals surface area contributed by atoms with Crippen molar-refractivity contribution in [1.82, 2.24) is 9.97 Å². The maximum absolute atomic E-state index is 12.7. The number of nitrogens with two attached hydrogens (primary N) is 1. The molecule has 1 aliphatic heterocycles. The Bertz CT molecular complexity index is 518. The molecular formula is C16H24F3N5. The number of anilines is 2. The molecule has 1 saturated heterocycles. The van der Waals surface area contributed by atoms with Crippen LogP contribution < -0.4 is 16.0 Å². The Morgan fingerprint density at radius 2 is 1.58 bits per heavy atom. The van der Waals surface area contributed by atoms with E-state index in [0.29, 0.717) is 31.1 Å². The van der Waals surface area contributed by atoms with Crippen LogP contribution in [0.3, 0.4) is 0 Å². The second-order valence-electron chi connectivity index (χ2n) is 6.82. The molecule has 0 atom stereocenters. The highest BCUT2D eigenvalue weighted by Crippen LogP contribution is 2.35. The van der Waals surface area contributed by atoms with Gasteiger partial charge < -0.3 is 16.0 Å². The monoisotopic (exact) mass is 343 g/mol. The Balaban J connectivity index is 1.52. The highest BCUT2D eigenvalue weighted by atomic mass is 19.4. The molecule has 0 radical (unpaired) electrons. The maximum atomic E-state index is 12.7. The topological polar surface area (TPSA) is 67.1 Å². The average molecular weight is 343 g/mol. The molecule has 2 heterocycles. The standard InChI is InChI=1S/C16H24F3N5/c17-16(18,19)11-5-7-24(8-6-11)14-9-21-15(22-10-14)23-13-3-1-12(20)2-4-13/h9-13H,1-8,20H2,(H,21,22,23). The van der Waals surface area contributed by atoms with Crippen molar-refractivity contribution in [2.24, 2.45) is 11.7 Å². The van der Waals surface area contributed by atoms with E-state index in [1.54, 1.807) is 12.4 Å². The van der Waals surface area contributed by atoms with Crippen LogP contribution in [0.15, 0.2) is 12.4 Å². The minimum atomic E-state index is -4.08. The van der Waals surface area contributed by atoms with Crippen LogP contribution in [-0.4, -0.2) is 41.3 Å². The van der Waals surface area contributed by atoms with E-state index in [4.69, 9.17) is 5.73 Å². The van der Waals surface area contributed by atoms with Gasteiger partial charge in [0.05, 0.1) is 24.0 Å². The first kappa shape index (κ1) is 17.3. The van der Waals surface area contributed by atoms with Crippen LogP contribution in [0.5, 0.6) is 0 Å². The third-order valence-electron chi connectivity index (χ3n) is 5.07. The van der Waals surface area contributed by atoms with E-state index in [-0.39, 0.29) is 12.8 Å². The van der Waals surface area contributed by atoms with Gasteiger partial charge in [0, 0.05) is 25.2 Å². The zero-order valence-corrected chi connectivity index (χ0v) is 13.6. The summed E-state index contributed by atoms with van der Waals surface area (Å²) in [5.41, 5.74) is 6.68. The van der Waals surface area contributed by atoms with Gasteiger partial charge in [0.15, 0.2) is 0 Å². The lowest BCUT2D eigenvalue weighted by atomic mass is 9.92. The van der Waals surface area contributed by atoms with Crippen LogP contribution in [0.25, 0.3) is 0 Å². The normalized spacial score (nSPS) is 26.4. The predicted octanol–water partition coefficient (Wildman–Crippen LogP) is 2.94. The summed E-state index contributed by atoms with van der Waals surface area (Å²) >= 11 is 0. The number of piperidine rings is 1. The molecular weight excluding hydrogens is 319 g/mol. The number of nitrogens with zero attached hydrogens (tertiary/aromatic N) is 3. The maximum Gasteiger partial charge on any atom is 0.391 e. The SMILES string of the molecule is NC1CCC(Nc2ncc(N3CCC(C(F)(F)F)CC3)cn2)CC1. The lowest BCUT2D eigenvalue weighted by molar-refractivity contribution is -0.179. The third-order valence-corrected chi connectivity index (χ3v) is 5.07. The molecule has 24 heavy (non-hydrogen) atoms.